The fourth-order valence-electron chi connectivity index (χ4n) is 3.39. The molecule has 1 N–H and O–H groups in total. The highest BCUT2D eigenvalue weighted by Crippen LogP contribution is 2.16. The lowest BCUT2D eigenvalue weighted by molar-refractivity contribution is -0.122. The molecule has 1 unspecified atom stereocenters. The summed E-state index contributed by atoms with van der Waals surface area (Å²) in [4.78, 5) is 29.0. The zero-order valence-electron chi connectivity index (χ0n) is 16.4. The highest BCUT2D eigenvalue weighted by molar-refractivity contribution is 5.95. The molecular weight excluding hydrogens is 363 g/mol. The van der Waals surface area contributed by atoms with Gasteiger partial charge in [-0.05, 0) is 38.0 Å². The number of carbonyl (C=O) groups is 2. The molecule has 1 fully saturated rings. The summed E-state index contributed by atoms with van der Waals surface area (Å²) in [6.45, 7) is 7.50. The van der Waals surface area contributed by atoms with Crippen molar-refractivity contribution >= 4 is 17.6 Å². The number of rotatable bonds is 5. The van der Waals surface area contributed by atoms with Gasteiger partial charge in [0.25, 0.3) is 5.91 Å². The predicted octanol–water partition coefficient (Wildman–Crippen LogP) is 2.61. The summed E-state index contributed by atoms with van der Waals surface area (Å²) in [5, 5.41) is 6.57. The molecule has 0 saturated carbocycles. The first-order chi connectivity index (χ1) is 13.4. The van der Waals surface area contributed by atoms with Crippen LogP contribution in [0.1, 0.15) is 35.0 Å². The molecule has 0 radical (unpaired) electrons. The van der Waals surface area contributed by atoms with E-state index in [1.165, 1.54) is 6.07 Å². The monoisotopic (exact) mass is 388 g/mol. The van der Waals surface area contributed by atoms with Crippen molar-refractivity contribution in [2.75, 3.05) is 31.5 Å². The van der Waals surface area contributed by atoms with Crippen molar-refractivity contribution in [3.63, 3.8) is 0 Å². The molecule has 2 aromatic rings. The van der Waals surface area contributed by atoms with Gasteiger partial charge in [0.15, 0.2) is 5.82 Å². The quantitative estimate of drug-likeness (QED) is 0.852. The number of amides is 2. The average molecular weight is 388 g/mol. The summed E-state index contributed by atoms with van der Waals surface area (Å²) in [6, 6.07) is 5.90. The third-order valence-electron chi connectivity index (χ3n) is 5.03. The first kappa shape index (κ1) is 20.0. The van der Waals surface area contributed by atoms with Gasteiger partial charge in [-0.1, -0.05) is 18.1 Å². The molecule has 150 valence electrons. The minimum atomic E-state index is -0.379. The van der Waals surface area contributed by atoms with Crippen LogP contribution in [-0.2, 0) is 4.79 Å². The van der Waals surface area contributed by atoms with Crippen LogP contribution < -0.4 is 5.32 Å². The number of carbonyl (C=O) groups excluding carboxylic acids is 2. The number of halogens is 1. The van der Waals surface area contributed by atoms with Crippen molar-refractivity contribution in [2.24, 2.45) is 0 Å². The molecule has 1 aliphatic rings. The first-order valence-electron chi connectivity index (χ1n) is 9.42. The van der Waals surface area contributed by atoms with E-state index in [2.05, 4.69) is 15.4 Å². The second kappa shape index (κ2) is 8.52. The van der Waals surface area contributed by atoms with Crippen LogP contribution >= 0.6 is 0 Å². The number of aryl methyl sites for hydroxylation is 2. The maximum absolute atomic E-state index is 13.8. The number of benzene rings is 1. The van der Waals surface area contributed by atoms with E-state index in [1.807, 2.05) is 6.92 Å². The van der Waals surface area contributed by atoms with Gasteiger partial charge in [-0.2, -0.15) is 0 Å². The van der Waals surface area contributed by atoms with Crippen molar-refractivity contribution in [1.29, 1.82) is 0 Å². The topological polar surface area (TPSA) is 78.7 Å². The Morgan fingerprint density at radius 1 is 1.21 bits per heavy atom. The first-order valence-corrected chi connectivity index (χ1v) is 9.42. The molecule has 8 heteroatoms. The number of anilines is 1. The fourth-order valence-corrected chi connectivity index (χ4v) is 3.39. The standard InChI is InChI=1S/C20H25FN4O3/c1-4-17(19(26)22-18-11-14(3)28-23-18)24-7-9-25(10-8-24)20(27)15-6-5-13(2)16(21)12-15/h5-6,11-12,17H,4,7-10H2,1-3H3,(H,22,23,26). The molecule has 7 nitrogen and oxygen atoms in total. The van der Waals surface area contributed by atoms with Crippen LogP contribution in [0.15, 0.2) is 28.8 Å². The number of hydrogen-bond donors (Lipinski definition) is 1. The molecule has 0 aliphatic carbocycles. The molecular formula is C20H25FN4O3. The average Bonchev–Trinajstić information content (AvgIpc) is 3.09. The van der Waals surface area contributed by atoms with Crippen LogP contribution in [0.4, 0.5) is 10.2 Å². The summed E-state index contributed by atoms with van der Waals surface area (Å²) in [5.74, 6) is 0.319. The summed E-state index contributed by atoms with van der Waals surface area (Å²) < 4.78 is 18.7. The van der Waals surface area contributed by atoms with Crippen LogP contribution in [0.5, 0.6) is 0 Å². The minimum Gasteiger partial charge on any atom is -0.360 e. The Morgan fingerprint density at radius 3 is 2.50 bits per heavy atom. The Hall–Kier alpha value is -2.74. The highest BCUT2D eigenvalue weighted by Gasteiger charge is 2.30. The number of nitrogens with one attached hydrogen (secondary N) is 1. The lowest BCUT2D eigenvalue weighted by atomic mass is 10.1. The number of nitrogens with zero attached hydrogens (tertiary/aromatic N) is 3. The minimum absolute atomic E-state index is 0.142. The van der Waals surface area contributed by atoms with E-state index in [4.69, 9.17) is 4.52 Å². The zero-order valence-corrected chi connectivity index (χ0v) is 16.4. The second-order valence-corrected chi connectivity index (χ2v) is 7.03. The Morgan fingerprint density at radius 2 is 1.93 bits per heavy atom. The highest BCUT2D eigenvalue weighted by atomic mass is 19.1. The molecule has 2 amide bonds. The molecule has 1 atom stereocenters. The van der Waals surface area contributed by atoms with Gasteiger partial charge in [0, 0.05) is 37.8 Å². The van der Waals surface area contributed by atoms with Gasteiger partial charge in [-0.25, -0.2) is 4.39 Å². The zero-order chi connectivity index (χ0) is 20.3. The predicted molar refractivity (Wildman–Crippen MR) is 103 cm³/mol. The van der Waals surface area contributed by atoms with Gasteiger partial charge in [0.2, 0.25) is 5.91 Å². The van der Waals surface area contributed by atoms with Gasteiger partial charge in [-0.3, -0.25) is 14.5 Å². The van der Waals surface area contributed by atoms with Gasteiger partial charge in [0.05, 0.1) is 6.04 Å². The van der Waals surface area contributed by atoms with Crippen LogP contribution in [0.3, 0.4) is 0 Å². The summed E-state index contributed by atoms with van der Waals surface area (Å²) in [5.41, 5.74) is 0.864. The van der Waals surface area contributed by atoms with Crippen molar-refractivity contribution in [3.8, 4) is 0 Å². The summed E-state index contributed by atoms with van der Waals surface area (Å²) >= 11 is 0. The molecule has 0 spiro atoms. The Kier molecular flexibility index (Phi) is 6.08. The summed E-state index contributed by atoms with van der Waals surface area (Å²) in [7, 11) is 0. The van der Waals surface area contributed by atoms with Gasteiger partial charge < -0.3 is 14.7 Å². The lowest BCUT2D eigenvalue weighted by Crippen LogP contribution is -2.54. The van der Waals surface area contributed by atoms with E-state index >= 15 is 0 Å². The third kappa shape index (κ3) is 4.39. The SMILES string of the molecule is CCC(C(=O)Nc1cc(C)on1)N1CCN(C(=O)c2ccc(C)c(F)c2)CC1. The molecule has 1 aromatic carbocycles. The van der Waals surface area contributed by atoms with Crippen molar-refractivity contribution in [3.05, 3.63) is 47.0 Å². The molecule has 1 aromatic heterocycles. The van der Waals surface area contributed by atoms with Crippen LogP contribution in [0, 0.1) is 19.7 Å². The van der Waals surface area contributed by atoms with E-state index in [0.29, 0.717) is 55.3 Å². The largest absolute Gasteiger partial charge is 0.360 e. The van der Waals surface area contributed by atoms with Crippen LogP contribution in [0.25, 0.3) is 0 Å². The van der Waals surface area contributed by atoms with E-state index < -0.39 is 0 Å². The van der Waals surface area contributed by atoms with Crippen LogP contribution in [0.2, 0.25) is 0 Å². The Bertz CT molecular complexity index is 859. The number of piperazine rings is 1. The van der Waals surface area contributed by atoms with Gasteiger partial charge in [-0.15, -0.1) is 0 Å². The maximum atomic E-state index is 13.8. The lowest BCUT2D eigenvalue weighted by Gasteiger charge is -2.38. The normalized spacial score (nSPS) is 16.1. The smallest absolute Gasteiger partial charge is 0.254 e. The third-order valence-corrected chi connectivity index (χ3v) is 5.03. The van der Waals surface area contributed by atoms with E-state index in [0.717, 1.165) is 0 Å². The van der Waals surface area contributed by atoms with Gasteiger partial charge in [0.1, 0.15) is 11.6 Å². The fraction of sp³-hybridized carbons (Fsp3) is 0.450. The molecule has 2 heterocycles. The number of aromatic nitrogens is 1. The molecule has 3 rings (SSSR count). The number of hydrogen-bond acceptors (Lipinski definition) is 5. The maximum Gasteiger partial charge on any atom is 0.254 e. The Balaban J connectivity index is 1.59. The second-order valence-electron chi connectivity index (χ2n) is 7.03. The summed E-state index contributed by atoms with van der Waals surface area (Å²) in [6.07, 6.45) is 0.639. The van der Waals surface area contributed by atoms with E-state index in [9.17, 15) is 14.0 Å². The van der Waals surface area contributed by atoms with E-state index in [1.54, 1.807) is 36.9 Å². The van der Waals surface area contributed by atoms with Crippen molar-refractivity contribution < 1.29 is 18.5 Å². The van der Waals surface area contributed by atoms with E-state index in [-0.39, 0.29) is 23.7 Å². The molecule has 28 heavy (non-hydrogen) atoms. The molecule has 1 saturated heterocycles. The molecule has 1 aliphatic heterocycles. The Labute approximate surface area is 163 Å². The van der Waals surface area contributed by atoms with Crippen molar-refractivity contribution in [1.82, 2.24) is 15.0 Å². The molecule has 0 bridgehead atoms. The van der Waals surface area contributed by atoms with Gasteiger partial charge >= 0.3 is 0 Å². The van der Waals surface area contributed by atoms with Crippen LogP contribution in [-0.4, -0.2) is 59.0 Å². The van der Waals surface area contributed by atoms with Crippen molar-refractivity contribution in [2.45, 2.75) is 33.2 Å².